The molecule has 1 aromatic carbocycles. The van der Waals surface area contributed by atoms with E-state index in [-0.39, 0.29) is 5.91 Å². The maximum absolute atomic E-state index is 12.9. The Labute approximate surface area is 200 Å². The Hall–Kier alpha value is -2.51. The van der Waals surface area contributed by atoms with E-state index in [1.165, 1.54) is 32.1 Å². The highest BCUT2D eigenvalue weighted by molar-refractivity contribution is 7.99. The molecule has 0 N–H and O–H groups in total. The first-order chi connectivity index (χ1) is 16.3. The lowest BCUT2D eigenvalue weighted by Gasteiger charge is -2.40. The zero-order chi connectivity index (χ0) is 22.5. The van der Waals surface area contributed by atoms with Gasteiger partial charge in [0.2, 0.25) is 5.91 Å². The van der Waals surface area contributed by atoms with Gasteiger partial charge in [-0.25, -0.2) is 4.68 Å². The van der Waals surface area contributed by atoms with Crippen LogP contribution >= 0.6 is 11.8 Å². The van der Waals surface area contributed by atoms with Gasteiger partial charge in [0, 0.05) is 55.9 Å². The number of para-hydroxylation sites is 1. The van der Waals surface area contributed by atoms with Crippen LogP contribution in [0.1, 0.15) is 37.7 Å². The number of hydrogen-bond donors (Lipinski definition) is 0. The molecule has 0 unspecified atom stereocenters. The van der Waals surface area contributed by atoms with Gasteiger partial charge in [-0.1, -0.05) is 37.5 Å². The van der Waals surface area contributed by atoms with Crippen molar-refractivity contribution in [1.82, 2.24) is 24.1 Å². The number of nitrogens with zero attached hydrogens (tertiary/aromatic N) is 5. The van der Waals surface area contributed by atoms with Crippen molar-refractivity contribution in [2.75, 3.05) is 31.9 Å². The van der Waals surface area contributed by atoms with E-state index >= 15 is 0 Å². The van der Waals surface area contributed by atoms with Crippen LogP contribution < -0.4 is 0 Å². The van der Waals surface area contributed by atoms with Crippen LogP contribution in [0, 0.1) is 0 Å². The number of benzene rings is 1. The Balaban J connectivity index is 1.18. The molecular formula is C26H33N5OS. The molecule has 5 rings (SSSR count). The van der Waals surface area contributed by atoms with E-state index in [1.807, 2.05) is 53.6 Å². The van der Waals surface area contributed by atoms with E-state index in [9.17, 15) is 4.79 Å². The molecule has 0 bridgehead atoms. The van der Waals surface area contributed by atoms with Crippen LogP contribution in [0.4, 0.5) is 0 Å². The molecule has 6 nitrogen and oxygen atoms in total. The molecule has 7 heteroatoms. The van der Waals surface area contributed by atoms with Gasteiger partial charge in [-0.15, -0.1) is 11.8 Å². The fourth-order valence-electron chi connectivity index (χ4n) is 5.11. The fourth-order valence-corrected chi connectivity index (χ4v) is 5.99. The molecule has 0 atom stereocenters. The lowest BCUT2D eigenvalue weighted by molar-refractivity contribution is -0.130. The Morgan fingerprint density at radius 2 is 1.67 bits per heavy atom. The number of thioether (sulfide) groups is 1. The third kappa shape index (κ3) is 5.20. The smallest absolute Gasteiger partial charge is 0.232 e. The normalized spacial score (nSPS) is 18.0. The summed E-state index contributed by atoms with van der Waals surface area (Å²) < 4.78 is 4.07. The summed E-state index contributed by atoms with van der Waals surface area (Å²) in [4.78, 5) is 17.6. The Morgan fingerprint density at radius 3 is 2.39 bits per heavy atom. The van der Waals surface area contributed by atoms with Gasteiger partial charge in [0.1, 0.15) is 5.82 Å². The summed E-state index contributed by atoms with van der Waals surface area (Å²) in [6.07, 6.45) is 12.8. The number of carbonyl (C=O) groups is 1. The number of rotatable bonds is 7. The minimum Gasteiger partial charge on any atom is -0.339 e. The first kappa shape index (κ1) is 22.3. The van der Waals surface area contributed by atoms with Gasteiger partial charge in [0.15, 0.2) is 0 Å². The van der Waals surface area contributed by atoms with Crippen LogP contribution in [0.25, 0.3) is 11.5 Å². The van der Waals surface area contributed by atoms with Crippen molar-refractivity contribution in [3.63, 3.8) is 0 Å². The van der Waals surface area contributed by atoms with Gasteiger partial charge in [-0.3, -0.25) is 9.69 Å². The molecule has 0 spiro atoms. The molecule has 174 valence electrons. The molecule has 1 aliphatic heterocycles. The van der Waals surface area contributed by atoms with Crippen molar-refractivity contribution < 1.29 is 4.79 Å². The van der Waals surface area contributed by atoms with Crippen molar-refractivity contribution in [2.24, 2.45) is 0 Å². The molecule has 1 saturated heterocycles. The maximum Gasteiger partial charge on any atom is 0.232 e. The summed E-state index contributed by atoms with van der Waals surface area (Å²) in [5.41, 5.74) is 2.17. The second kappa shape index (κ2) is 10.6. The average Bonchev–Trinajstić information content (AvgIpc) is 3.55. The SMILES string of the molecule is O=C(CSCc1cnn(-c2ccccc2)c1-n1cccc1)N1CCN(C2CCCCC2)CC1. The summed E-state index contributed by atoms with van der Waals surface area (Å²) >= 11 is 1.69. The van der Waals surface area contributed by atoms with E-state index in [0.717, 1.165) is 55.0 Å². The molecule has 0 radical (unpaired) electrons. The van der Waals surface area contributed by atoms with Gasteiger partial charge < -0.3 is 9.47 Å². The van der Waals surface area contributed by atoms with Crippen molar-refractivity contribution in [2.45, 2.75) is 43.9 Å². The highest BCUT2D eigenvalue weighted by Gasteiger charge is 2.27. The summed E-state index contributed by atoms with van der Waals surface area (Å²) in [6.45, 7) is 3.80. The maximum atomic E-state index is 12.9. The highest BCUT2D eigenvalue weighted by Crippen LogP contribution is 2.25. The van der Waals surface area contributed by atoms with Gasteiger partial charge in [-0.2, -0.15) is 5.10 Å². The molecule has 3 aromatic rings. The minimum absolute atomic E-state index is 0.265. The first-order valence-electron chi connectivity index (χ1n) is 12.1. The van der Waals surface area contributed by atoms with Crippen molar-refractivity contribution in [1.29, 1.82) is 0 Å². The Bertz CT molecular complexity index is 1020. The average molecular weight is 464 g/mol. The zero-order valence-electron chi connectivity index (χ0n) is 19.2. The monoisotopic (exact) mass is 463 g/mol. The van der Waals surface area contributed by atoms with Gasteiger partial charge in [0.05, 0.1) is 17.6 Å². The van der Waals surface area contributed by atoms with E-state index in [2.05, 4.69) is 31.6 Å². The van der Waals surface area contributed by atoms with E-state index in [0.29, 0.717) is 5.75 Å². The molecular weight excluding hydrogens is 430 g/mol. The third-order valence-electron chi connectivity index (χ3n) is 6.91. The summed E-state index contributed by atoms with van der Waals surface area (Å²) in [5.74, 6) is 2.58. The van der Waals surface area contributed by atoms with Gasteiger partial charge >= 0.3 is 0 Å². The zero-order valence-corrected chi connectivity index (χ0v) is 20.0. The van der Waals surface area contributed by atoms with Crippen molar-refractivity contribution >= 4 is 17.7 Å². The third-order valence-corrected chi connectivity index (χ3v) is 7.87. The van der Waals surface area contributed by atoms with E-state index < -0.39 is 0 Å². The largest absolute Gasteiger partial charge is 0.339 e. The summed E-state index contributed by atoms with van der Waals surface area (Å²) in [6, 6.07) is 15.0. The number of carbonyl (C=O) groups excluding carboxylic acids is 1. The van der Waals surface area contributed by atoms with Crippen molar-refractivity contribution in [3.05, 3.63) is 66.6 Å². The van der Waals surface area contributed by atoms with E-state index in [1.54, 1.807) is 11.8 Å². The predicted octanol–water partition coefficient (Wildman–Crippen LogP) is 4.37. The van der Waals surface area contributed by atoms with Gasteiger partial charge in [0.25, 0.3) is 0 Å². The predicted molar refractivity (Wildman–Crippen MR) is 134 cm³/mol. The Kier molecular flexibility index (Phi) is 7.17. The minimum atomic E-state index is 0.265. The first-order valence-corrected chi connectivity index (χ1v) is 13.3. The second-order valence-electron chi connectivity index (χ2n) is 9.03. The lowest BCUT2D eigenvalue weighted by atomic mass is 9.94. The van der Waals surface area contributed by atoms with Crippen LogP contribution in [-0.4, -0.2) is 68.0 Å². The molecule has 2 aromatic heterocycles. The number of aromatic nitrogens is 3. The fraction of sp³-hybridized carbons (Fsp3) is 0.462. The highest BCUT2D eigenvalue weighted by atomic mass is 32.2. The molecule has 1 saturated carbocycles. The molecule has 3 heterocycles. The molecule has 1 aliphatic carbocycles. The molecule has 33 heavy (non-hydrogen) atoms. The summed E-state index contributed by atoms with van der Waals surface area (Å²) in [5, 5.41) is 4.66. The van der Waals surface area contributed by atoms with Crippen LogP contribution in [0.3, 0.4) is 0 Å². The number of piperazine rings is 1. The van der Waals surface area contributed by atoms with Gasteiger partial charge in [-0.05, 0) is 37.1 Å². The van der Waals surface area contributed by atoms with Crippen LogP contribution in [-0.2, 0) is 10.5 Å². The lowest BCUT2D eigenvalue weighted by Crippen LogP contribution is -2.52. The quantitative estimate of drug-likeness (QED) is 0.522. The van der Waals surface area contributed by atoms with Crippen molar-refractivity contribution in [3.8, 4) is 11.5 Å². The molecule has 1 amide bonds. The molecule has 2 fully saturated rings. The van der Waals surface area contributed by atoms with Crippen LogP contribution in [0.15, 0.2) is 61.1 Å². The number of amides is 1. The Morgan fingerprint density at radius 1 is 0.939 bits per heavy atom. The standard InChI is InChI=1S/C26H33N5OS/c32-25(29-17-15-28(16-18-29)23-9-3-1-4-10-23)21-33-20-22-19-27-31(24-11-5-2-6-12-24)26(22)30-13-7-8-14-30/h2,5-8,11-14,19,23H,1,3-4,9-10,15-18,20-21H2. The number of hydrogen-bond acceptors (Lipinski definition) is 4. The molecule has 2 aliphatic rings. The van der Waals surface area contributed by atoms with Crippen LogP contribution in [0.5, 0.6) is 0 Å². The van der Waals surface area contributed by atoms with Crippen LogP contribution in [0.2, 0.25) is 0 Å². The van der Waals surface area contributed by atoms with E-state index in [4.69, 9.17) is 0 Å². The topological polar surface area (TPSA) is 46.3 Å². The summed E-state index contributed by atoms with van der Waals surface area (Å²) in [7, 11) is 0. The second-order valence-corrected chi connectivity index (χ2v) is 10.0.